The fourth-order valence-electron chi connectivity index (χ4n) is 1.21. The van der Waals surface area contributed by atoms with E-state index in [9.17, 15) is 14.4 Å². The Morgan fingerprint density at radius 1 is 1.26 bits per heavy atom. The summed E-state index contributed by atoms with van der Waals surface area (Å²) in [6, 6.07) is 3.39. The summed E-state index contributed by atoms with van der Waals surface area (Å²) in [4.78, 5) is 33.5. The van der Waals surface area contributed by atoms with Crippen LogP contribution in [0.2, 0.25) is 0 Å². The lowest BCUT2D eigenvalue weighted by molar-refractivity contribution is -0.137. The summed E-state index contributed by atoms with van der Waals surface area (Å²) >= 11 is 1.28. The van der Waals surface area contributed by atoms with Crippen molar-refractivity contribution in [2.24, 2.45) is 0 Å². The largest absolute Gasteiger partial charge is 0.481 e. The zero-order valence-corrected chi connectivity index (χ0v) is 11.0. The van der Waals surface area contributed by atoms with E-state index in [2.05, 4.69) is 16.2 Å². The highest BCUT2D eigenvalue weighted by Gasteiger charge is 2.07. The van der Waals surface area contributed by atoms with Crippen LogP contribution >= 0.6 is 11.3 Å². The Bertz CT molecular complexity index is 433. The number of carboxylic acid groups (broad SMARTS) is 1. The molecule has 0 radical (unpaired) electrons. The third-order valence-corrected chi connectivity index (χ3v) is 2.96. The molecule has 0 aromatic carbocycles. The monoisotopic (exact) mass is 285 g/mol. The molecule has 7 nitrogen and oxygen atoms in total. The highest BCUT2D eigenvalue weighted by molar-refractivity contribution is 7.12. The van der Waals surface area contributed by atoms with Gasteiger partial charge in [0.15, 0.2) is 0 Å². The zero-order valence-electron chi connectivity index (χ0n) is 10.1. The normalized spacial score (nSPS) is 9.89. The molecule has 0 saturated carbocycles. The zero-order chi connectivity index (χ0) is 14.1. The lowest BCUT2D eigenvalue weighted by atomic mass is 10.3. The standard InChI is InChI=1S/C11H15N3O4S/c15-9(7-12-5-1-4-10(16)17)13-14-11(18)8-3-2-6-19-8/h2-3,6,12H,1,4-5,7H2,(H,13,15)(H,14,18)(H,16,17). The number of carbonyl (C=O) groups is 3. The number of hydrogen-bond donors (Lipinski definition) is 4. The molecular weight excluding hydrogens is 270 g/mol. The molecular formula is C11H15N3O4S. The number of carbonyl (C=O) groups excluding carboxylic acids is 2. The lowest BCUT2D eigenvalue weighted by Crippen LogP contribution is -2.45. The molecule has 1 heterocycles. The molecule has 104 valence electrons. The maximum absolute atomic E-state index is 11.5. The number of aliphatic carboxylic acids is 1. The predicted molar refractivity (Wildman–Crippen MR) is 69.7 cm³/mol. The van der Waals surface area contributed by atoms with Crippen LogP contribution < -0.4 is 16.2 Å². The van der Waals surface area contributed by atoms with E-state index in [0.29, 0.717) is 17.8 Å². The van der Waals surface area contributed by atoms with Gasteiger partial charge in [-0.3, -0.25) is 25.2 Å². The van der Waals surface area contributed by atoms with Crippen LogP contribution in [0.5, 0.6) is 0 Å². The Labute approximate surface area is 114 Å². The molecule has 0 aliphatic rings. The molecule has 8 heteroatoms. The summed E-state index contributed by atoms with van der Waals surface area (Å²) in [7, 11) is 0. The first-order chi connectivity index (χ1) is 9.09. The average molecular weight is 285 g/mol. The van der Waals surface area contributed by atoms with Crippen molar-refractivity contribution < 1.29 is 19.5 Å². The molecule has 0 spiro atoms. The summed E-state index contributed by atoms with van der Waals surface area (Å²) in [6.07, 6.45) is 0.508. The fraction of sp³-hybridized carbons (Fsp3) is 0.364. The maximum Gasteiger partial charge on any atom is 0.303 e. The summed E-state index contributed by atoms with van der Waals surface area (Å²) in [5.41, 5.74) is 4.54. The summed E-state index contributed by atoms with van der Waals surface area (Å²) < 4.78 is 0. The van der Waals surface area contributed by atoms with Crippen molar-refractivity contribution in [2.45, 2.75) is 12.8 Å². The fourth-order valence-corrected chi connectivity index (χ4v) is 1.83. The van der Waals surface area contributed by atoms with Crippen molar-refractivity contribution in [3.63, 3.8) is 0 Å². The molecule has 2 amide bonds. The molecule has 0 aliphatic heterocycles. The van der Waals surface area contributed by atoms with Crippen LogP contribution in [0.15, 0.2) is 17.5 Å². The van der Waals surface area contributed by atoms with Crippen molar-refractivity contribution >= 4 is 29.1 Å². The SMILES string of the molecule is O=C(O)CCCNCC(=O)NNC(=O)c1cccs1. The van der Waals surface area contributed by atoms with Crippen LogP contribution in [0.3, 0.4) is 0 Å². The Morgan fingerprint density at radius 2 is 2.05 bits per heavy atom. The van der Waals surface area contributed by atoms with Crippen LogP contribution in [0, 0.1) is 0 Å². The third kappa shape index (κ3) is 6.53. The van der Waals surface area contributed by atoms with E-state index >= 15 is 0 Å². The number of nitrogens with one attached hydrogen (secondary N) is 3. The van der Waals surface area contributed by atoms with E-state index in [1.807, 2.05) is 0 Å². The van der Waals surface area contributed by atoms with E-state index < -0.39 is 5.97 Å². The van der Waals surface area contributed by atoms with Gasteiger partial charge in [-0.1, -0.05) is 6.07 Å². The van der Waals surface area contributed by atoms with Gasteiger partial charge in [-0.2, -0.15) is 0 Å². The molecule has 0 fully saturated rings. The second-order valence-corrected chi connectivity index (χ2v) is 4.60. The highest BCUT2D eigenvalue weighted by Crippen LogP contribution is 2.06. The van der Waals surface area contributed by atoms with Crippen molar-refractivity contribution in [1.82, 2.24) is 16.2 Å². The molecule has 0 atom stereocenters. The topological polar surface area (TPSA) is 108 Å². The number of rotatable bonds is 7. The van der Waals surface area contributed by atoms with E-state index in [1.165, 1.54) is 11.3 Å². The molecule has 0 unspecified atom stereocenters. The van der Waals surface area contributed by atoms with Crippen LogP contribution in [0.1, 0.15) is 22.5 Å². The minimum Gasteiger partial charge on any atom is -0.481 e. The van der Waals surface area contributed by atoms with Gasteiger partial charge in [-0.05, 0) is 24.4 Å². The van der Waals surface area contributed by atoms with E-state index in [4.69, 9.17) is 5.11 Å². The second kappa shape index (κ2) is 8.22. The number of carboxylic acids is 1. The number of thiophene rings is 1. The molecule has 1 aromatic rings. The molecule has 19 heavy (non-hydrogen) atoms. The summed E-state index contributed by atoms with van der Waals surface area (Å²) in [5, 5.41) is 12.9. The highest BCUT2D eigenvalue weighted by atomic mass is 32.1. The van der Waals surface area contributed by atoms with Crippen LogP contribution in [0.4, 0.5) is 0 Å². The first-order valence-corrected chi connectivity index (χ1v) is 6.53. The average Bonchev–Trinajstić information content (AvgIpc) is 2.89. The maximum atomic E-state index is 11.5. The Balaban J connectivity index is 2.08. The quantitative estimate of drug-likeness (QED) is 0.415. The van der Waals surface area contributed by atoms with Crippen LogP contribution in [0.25, 0.3) is 0 Å². The Kier molecular flexibility index (Phi) is 6.55. The molecule has 1 rings (SSSR count). The Morgan fingerprint density at radius 3 is 2.68 bits per heavy atom. The first-order valence-electron chi connectivity index (χ1n) is 5.65. The van der Waals surface area contributed by atoms with Gasteiger partial charge in [-0.25, -0.2) is 0 Å². The van der Waals surface area contributed by atoms with Gasteiger partial charge in [-0.15, -0.1) is 11.3 Å². The second-order valence-electron chi connectivity index (χ2n) is 3.65. The smallest absolute Gasteiger partial charge is 0.303 e. The van der Waals surface area contributed by atoms with Crippen molar-refractivity contribution in [3.05, 3.63) is 22.4 Å². The predicted octanol–water partition coefficient (Wildman–Crippen LogP) is -0.0365. The van der Waals surface area contributed by atoms with Gasteiger partial charge >= 0.3 is 5.97 Å². The van der Waals surface area contributed by atoms with E-state index in [0.717, 1.165) is 0 Å². The number of hydrogen-bond acceptors (Lipinski definition) is 5. The van der Waals surface area contributed by atoms with Crippen LogP contribution in [-0.4, -0.2) is 36.0 Å². The Hall–Kier alpha value is -1.93. The van der Waals surface area contributed by atoms with Gasteiger partial charge in [0.1, 0.15) is 0 Å². The first kappa shape index (κ1) is 15.1. The molecule has 0 aliphatic carbocycles. The number of amides is 2. The van der Waals surface area contributed by atoms with Gasteiger partial charge in [0.2, 0.25) is 0 Å². The van der Waals surface area contributed by atoms with Crippen molar-refractivity contribution in [2.75, 3.05) is 13.1 Å². The molecule has 1 aromatic heterocycles. The molecule has 0 saturated heterocycles. The minimum absolute atomic E-state index is 0.0182. The summed E-state index contributed by atoms with van der Waals surface area (Å²) in [6.45, 7) is 0.447. The van der Waals surface area contributed by atoms with Gasteiger partial charge in [0.25, 0.3) is 11.8 Å². The van der Waals surface area contributed by atoms with Gasteiger partial charge < -0.3 is 10.4 Å². The lowest BCUT2D eigenvalue weighted by Gasteiger charge is -2.07. The van der Waals surface area contributed by atoms with Crippen molar-refractivity contribution in [1.29, 1.82) is 0 Å². The molecule has 0 bridgehead atoms. The minimum atomic E-state index is -0.866. The number of hydrazine groups is 1. The molecule has 4 N–H and O–H groups in total. The third-order valence-electron chi connectivity index (χ3n) is 2.09. The van der Waals surface area contributed by atoms with Gasteiger partial charge in [0.05, 0.1) is 11.4 Å². The van der Waals surface area contributed by atoms with E-state index in [-0.39, 0.29) is 24.8 Å². The van der Waals surface area contributed by atoms with Gasteiger partial charge in [0, 0.05) is 6.42 Å². The van der Waals surface area contributed by atoms with E-state index in [1.54, 1.807) is 17.5 Å². The summed E-state index contributed by atoms with van der Waals surface area (Å²) in [5.74, 6) is -1.62. The van der Waals surface area contributed by atoms with Crippen molar-refractivity contribution in [3.8, 4) is 0 Å². The van der Waals surface area contributed by atoms with Crippen LogP contribution in [-0.2, 0) is 9.59 Å².